The minimum Gasteiger partial charge on any atom is -0.381 e. The average molecular weight is 353 g/mol. The van der Waals surface area contributed by atoms with Gasteiger partial charge in [0.25, 0.3) is 5.91 Å². The summed E-state index contributed by atoms with van der Waals surface area (Å²) in [6.45, 7) is 2.72. The first kappa shape index (κ1) is 17.0. The van der Waals surface area contributed by atoms with E-state index in [0.717, 1.165) is 18.2 Å². The molecule has 0 spiro atoms. The third-order valence-electron chi connectivity index (χ3n) is 5.21. The van der Waals surface area contributed by atoms with Crippen LogP contribution in [0, 0.1) is 11.8 Å². The highest BCUT2D eigenvalue weighted by Crippen LogP contribution is 2.34. The van der Waals surface area contributed by atoms with Crippen LogP contribution in [-0.2, 0) is 4.74 Å². The molecule has 6 heteroatoms. The van der Waals surface area contributed by atoms with E-state index in [1.54, 1.807) is 12.3 Å². The first-order valence-corrected chi connectivity index (χ1v) is 9.17. The van der Waals surface area contributed by atoms with Crippen LogP contribution in [0.5, 0.6) is 0 Å². The molecule has 0 unspecified atom stereocenters. The van der Waals surface area contributed by atoms with Gasteiger partial charge in [-0.3, -0.25) is 14.6 Å². The van der Waals surface area contributed by atoms with Gasteiger partial charge in [0.1, 0.15) is 0 Å². The fraction of sp³-hybridized carbons (Fsp3) is 0.450. The Kier molecular flexibility index (Phi) is 4.84. The van der Waals surface area contributed by atoms with E-state index >= 15 is 0 Å². The summed E-state index contributed by atoms with van der Waals surface area (Å²) in [4.78, 5) is 33.0. The number of ether oxygens (including phenoxy) is 1. The smallest absolute Gasteiger partial charge is 0.255 e. The second-order valence-corrected chi connectivity index (χ2v) is 7.25. The lowest BCUT2D eigenvalue weighted by Crippen LogP contribution is -2.30. The van der Waals surface area contributed by atoms with E-state index in [0.29, 0.717) is 25.3 Å². The van der Waals surface area contributed by atoms with Gasteiger partial charge in [0, 0.05) is 55.7 Å². The van der Waals surface area contributed by atoms with Gasteiger partial charge in [0.15, 0.2) is 0 Å². The highest BCUT2D eigenvalue weighted by molar-refractivity contribution is 5.94. The van der Waals surface area contributed by atoms with Crippen molar-refractivity contribution in [3.05, 3.63) is 64.3 Å². The third-order valence-corrected chi connectivity index (χ3v) is 5.21. The zero-order valence-electron chi connectivity index (χ0n) is 14.6. The SMILES string of the molecule is O=C(c1ccc(=O)[nH]c1)N1C[C@@H](COCC2CC2)[C@H](c2ccccn2)C1. The fourth-order valence-corrected chi connectivity index (χ4v) is 3.53. The molecule has 2 atom stereocenters. The van der Waals surface area contributed by atoms with Crippen LogP contribution >= 0.6 is 0 Å². The quantitative estimate of drug-likeness (QED) is 0.862. The number of aromatic nitrogens is 2. The molecule has 2 aromatic rings. The van der Waals surface area contributed by atoms with Crippen LogP contribution in [-0.4, -0.2) is 47.1 Å². The number of nitrogens with zero attached hydrogens (tertiary/aromatic N) is 2. The number of amides is 1. The van der Waals surface area contributed by atoms with Gasteiger partial charge in [-0.1, -0.05) is 6.07 Å². The van der Waals surface area contributed by atoms with E-state index in [9.17, 15) is 9.59 Å². The van der Waals surface area contributed by atoms with Crippen molar-refractivity contribution in [3.63, 3.8) is 0 Å². The van der Waals surface area contributed by atoms with Crippen LogP contribution in [0.15, 0.2) is 47.5 Å². The Morgan fingerprint density at radius 1 is 1.19 bits per heavy atom. The molecule has 1 amide bonds. The lowest BCUT2D eigenvalue weighted by Gasteiger charge is -2.17. The standard InChI is InChI=1S/C20H23N3O3/c24-19-7-6-15(9-22-19)20(25)23-10-16(13-26-12-14-4-5-14)17(11-23)18-3-1-2-8-21-18/h1-3,6-9,14,16-17H,4-5,10-13H2,(H,22,24)/t16-,17+/m0/s1. The number of carbonyl (C=O) groups excluding carboxylic acids is 1. The van der Waals surface area contributed by atoms with Crippen LogP contribution in [0.25, 0.3) is 0 Å². The Labute approximate surface area is 152 Å². The molecule has 1 saturated carbocycles. The summed E-state index contributed by atoms with van der Waals surface area (Å²) < 4.78 is 5.93. The van der Waals surface area contributed by atoms with Gasteiger partial charge in [0.2, 0.25) is 5.56 Å². The number of hydrogen-bond donors (Lipinski definition) is 1. The maximum atomic E-state index is 12.8. The second kappa shape index (κ2) is 7.41. The van der Waals surface area contributed by atoms with Crippen molar-refractivity contribution in [1.82, 2.24) is 14.9 Å². The minimum absolute atomic E-state index is 0.0631. The Bertz CT molecular complexity index is 796. The molecule has 0 radical (unpaired) electrons. The number of carbonyl (C=O) groups is 1. The predicted octanol–water partition coefficient (Wildman–Crippen LogP) is 2.05. The zero-order chi connectivity index (χ0) is 17.9. The third kappa shape index (κ3) is 3.85. The van der Waals surface area contributed by atoms with Crippen LogP contribution in [0.2, 0.25) is 0 Å². The molecule has 1 aliphatic heterocycles. The van der Waals surface area contributed by atoms with Crippen molar-refractivity contribution in [2.45, 2.75) is 18.8 Å². The molecule has 136 valence electrons. The molecule has 1 aliphatic carbocycles. The molecule has 2 aliphatic rings. The number of rotatable bonds is 6. The monoisotopic (exact) mass is 353 g/mol. The van der Waals surface area contributed by atoms with Crippen molar-refractivity contribution in [3.8, 4) is 0 Å². The van der Waals surface area contributed by atoms with E-state index < -0.39 is 0 Å². The largest absolute Gasteiger partial charge is 0.381 e. The number of nitrogens with one attached hydrogen (secondary N) is 1. The summed E-state index contributed by atoms with van der Waals surface area (Å²) in [5.41, 5.74) is 1.30. The van der Waals surface area contributed by atoms with Crippen molar-refractivity contribution in [2.24, 2.45) is 11.8 Å². The summed E-state index contributed by atoms with van der Waals surface area (Å²) in [6, 6.07) is 8.87. The van der Waals surface area contributed by atoms with Gasteiger partial charge in [-0.25, -0.2) is 0 Å². The molecule has 0 aromatic carbocycles. The van der Waals surface area contributed by atoms with Crippen molar-refractivity contribution >= 4 is 5.91 Å². The zero-order valence-corrected chi connectivity index (χ0v) is 14.6. The topological polar surface area (TPSA) is 75.3 Å². The molecule has 1 N–H and O–H groups in total. The number of pyridine rings is 2. The lowest BCUT2D eigenvalue weighted by atomic mass is 9.93. The first-order valence-electron chi connectivity index (χ1n) is 9.17. The molecule has 6 nitrogen and oxygen atoms in total. The summed E-state index contributed by atoms with van der Waals surface area (Å²) >= 11 is 0. The molecule has 0 bridgehead atoms. The Balaban J connectivity index is 1.48. The van der Waals surface area contributed by atoms with Crippen molar-refractivity contribution in [2.75, 3.05) is 26.3 Å². The average Bonchev–Trinajstić information content (AvgIpc) is 3.40. The van der Waals surface area contributed by atoms with Crippen molar-refractivity contribution < 1.29 is 9.53 Å². The van der Waals surface area contributed by atoms with Crippen molar-refractivity contribution in [1.29, 1.82) is 0 Å². The van der Waals surface area contributed by atoms with Crippen LogP contribution in [0.3, 0.4) is 0 Å². The van der Waals surface area contributed by atoms with Gasteiger partial charge in [-0.15, -0.1) is 0 Å². The van der Waals surface area contributed by atoms with Gasteiger partial charge >= 0.3 is 0 Å². The number of aromatic amines is 1. The summed E-state index contributed by atoms with van der Waals surface area (Å²) in [5, 5.41) is 0. The van der Waals surface area contributed by atoms with E-state index in [2.05, 4.69) is 9.97 Å². The second-order valence-electron chi connectivity index (χ2n) is 7.25. The van der Waals surface area contributed by atoms with Gasteiger partial charge in [-0.05, 0) is 37.0 Å². The van der Waals surface area contributed by atoms with E-state index in [1.807, 2.05) is 23.1 Å². The Morgan fingerprint density at radius 3 is 2.77 bits per heavy atom. The number of H-pyrrole nitrogens is 1. The first-order chi connectivity index (χ1) is 12.7. The van der Waals surface area contributed by atoms with Crippen LogP contribution < -0.4 is 5.56 Å². The number of hydrogen-bond acceptors (Lipinski definition) is 4. The van der Waals surface area contributed by atoms with Gasteiger partial charge in [-0.2, -0.15) is 0 Å². The highest BCUT2D eigenvalue weighted by Gasteiger charge is 2.37. The summed E-state index contributed by atoms with van der Waals surface area (Å²) in [7, 11) is 0. The summed E-state index contributed by atoms with van der Waals surface area (Å²) in [6.07, 6.45) is 5.82. The molecule has 2 aromatic heterocycles. The van der Waals surface area contributed by atoms with Gasteiger partial charge in [0.05, 0.1) is 12.2 Å². The highest BCUT2D eigenvalue weighted by atomic mass is 16.5. The Morgan fingerprint density at radius 2 is 2.08 bits per heavy atom. The Hall–Kier alpha value is -2.47. The maximum absolute atomic E-state index is 12.8. The molecule has 2 fully saturated rings. The fourth-order valence-electron chi connectivity index (χ4n) is 3.53. The summed E-state index contributed by atoms with van der Waals surface area (Å²) in [5.74, 6) is 1.06. The molecular formula is C20H23N3O3. The minimum atomic E-state index is -0.208. The number of likely N-dealkylation sites (tertiary alicyclic amines) is 1. The normalized spacial score (nSPS) is 22.5. The van der Waals surface area contributed by atoms with E-state index in [4.69, 9.17) is 4.74 Å². The van der Waals surface area contributed by atoms with Crippen LogP contribution in [0.4, 0.5) is 0 Å². The maximum Gasteiger partial charge on any atom is 0.255 e. The van der Waals surface area contributed by atoms with Crippen LogP contribution in [0.1, 0.15) is 34.8 Å². The molecule has 3 heterocycles. The lowest BCUT2D eigenvalue weighted by molar-refractivity contribution is 0.0739. The van der Waals surface area contributed by atoms with Gasteiger partial charge < -0.3 is 14.6 Å². The molecule has 26 heavy (non-hydrogen) atoms. The molecular weight excluding hydrogens is 330 g/mol. The molecule has 4 rings (SSSR count). The predicted molar refractivity (Wildman–Crippen MR) is 97.0 cm³/mol. The van der Waals surface area contributed by atoms with E-state index in [1.165, 1.54) is 25.1 Å². The van der Waals surface area contributed by atoms with E-state index in [-0.39, 0.29) is 23.3 Å². The molecule has 1 saturated heterocycles.